The van der Waals surface area contributed by atoms with Crippen LogP contribution in [0.5, 0.6) is 5.75 Å². The van der Waals surface area contributed by atoms with Crippen molar-refractivity contribution in [2.75, 3.05) is 0 Å². The minimum absolute atomic E-state index is 0.117. The third-order valence-electron chi connectivity index (χ3n) is 2.35. The van der Waals surface area contributed by atoms with Crippen molar-refractivity contribution in [2.45, 2.75) is 19.5 Å². The van der Waals surface area contributed by atoms with Crippen LogP contribution in [0.3, 0.4) is 0 Å². The number of aromatic hydroxyl groups is 1. The monoisotopic (exact) mass is 212 g/mol. The standard InChI is InChI=1S/C10H9FO4/c1-4-2-7(12)8(10(14)15-4)9(13)5-3-6(5)11/h2,5-6,12H,3H2,1H3/t5-,6-/m0/s1. The molecule has 1 N–H and O–H groups in total. The highest BCUT2D eigenvalue weighted by atomic mass is 19.1. The second-order valence-corrected chi connectivity index (χ2v) is 3.63. The molecule has 1 saturated carbocycles. The Hall–Kier alpha value is -1.65. The van der Waals surface area contributed by atoms with Gasteiger partial charge in [-0.15, -0.1) is 0 Å². The van der Waals surface area contributed by atoms with Crippen LogP contribution >= 0.6 is 0 Å². The van der Waals surface area contributed by atoms with Crippen molar-refractivity contribution in [2.24, 2.45) is 5.92 Å². The molecule has 0 aliphatic heterocycles. The van der Waals surface area contributed by atoms with Crippen LogP contribution in [-0.2, 0) is 0 Å². The number of halogens is 1. The molecule has 1 aromatic heterocycles. The number of carbonyl (C=O) groups excluding carboxylic acids is 1. The molecule has 1 aliphatic carbocycles. The largest absolute Gasteiger partial charge is 0.507 e. The Morgan fingerprint density at radius 3 is 2.73 bits per heavy atom. The van der Waals surface area contributed by atoms with Crippen LogP contribution in [-0.4, -0.2) is 17.1 Å². The SMILES string of the molecule is Cc1cc(O)c(C(=O)[C@H]2C[C@@H]2F)c(=O)o1. The zero-order chi connectivity index (χ0) is 11.2. The molecule has 0 unspecified atom stereocenters. The van der Waals surface area contributed by atoms with Gasteiger partial charge in [0.25, 0.3) is 0 Å². The smallest absolute Gasteiger partial charge is 0.350 e. The van der Waals surface area contributed by atoms with E-state index in [0.717, 1.165) is 0 Å². The van der Waals surface area contributed by atoms with Crippen molar-refractivity contribution in [3.05, 3.63) is 27.8 Å². The van der Waals surface area contributed by atoms with Gasteiger partial charge in [-0.1, -0.05) is 0 Å². The van der Waals surface area contributed by atoms with Gasteiger partial charge >= 0.3 is 5.63 Å². The predicted octanol–water partition coefficient (Wildman–Crippen LogP) is 1.19. The fraction of sp³-hybridized carbons (Fsp3) is 0.400. The maximum atomic E-state index is 12.6. The number of Topliss-reactive ketones (excluding diaryl/α,β-unsaturated/α-hetero) is 1. The molecule has 4 nitrogen and oxygen atoms in total. The van der Waals surface area contributed by atoms with E-state index in [0.29, 0.717) is 0 Å². The van der Waals surface area contributed by atoms with Gasteiger partial charge in [-0.2, -0.15) is 0 Å². The molecule has 2 rings (SSSR count). The summed E-state index contributed by atoms with van der Waals surface area (Å²) in [6.07, 6.45) is -1.08. The van der Waals surface area contributed by atoms with Crippen molar-refractivity contribution in [1.29, 1.82) is 0 Å². The van der Waals surface area contributed by atoms with Crippen LogP contribution in [0, 0.1) is 12.8 Å². The maximum Gasteiger partial charge on any atom is 0.350 e. The fourth-order valence-corrected chi connectivity index (χ4v) is 1.44. The fourth-order valence-electron chi connectivity index (χ4n) is 1.44. The second kappa shape index (κ2) is 3.18. The normalized spacial score (nSPS) is 23.9. The third kappa shape index (κ3) is 1.65. The molecule has 0 radical (unpaired) electrons. The van der Waals surface area contributed by atoms with Crippen molar-refractivity contribution < 1.29 is 18.7 Å². The molecule has 15 heavy (non-hydrogen) atoms. The molecule has 1 heterocycles. The number of ketones is 1. The lowest BCUT2D eigenvalue weighted by Gasteiger charge is -2.01. The molecule has 1 aliphatic rings. The molecule has 0 spiro atoms. The van der Waals surface area contributed by atoms with E-state index in [9.17, 15) is 19.1 Å². The van der Waals surface area contributed by atoms with Gasteiger partial charge in [0.2, 0.25) is 0 Å². The molecule has 1 fully saturated rings. The van der Waals surface area contributed by atoms with E-state index in [4.69, 9.17) is 0 Å². The Morgan fingerprint density at radius 2 is 2.27 bits per heavy atom. The molecule has 0 saturated heterocycles. The highest BCUT2D eigenvalue weighted by molar-refractivity contribution is 6.01. The summed E-state index contributed by atoms with van der Waals surface area (Å²) in [7, 11) is 0. The van der Waals surface area contributed by atoms with Crippen LogP contribution in [0.2, 0.25) is 0 Å². The summed E-state index contributed by atoms with van der Waals surface area (Å²) in [5.74, 6) is -1.69. The van der Waals surface area contributed by atoms with E-state index >= 15 is 0 Å². The van der Waals surface area contributed by atoms with Crippen molar-refractivity contribution in [1.82, 2.24) is 0 Å². The Balaban J connectivity index is 2.44. The lowest BCUT2D eigenvalue weighted by atomic mass is 10.1. The molecule has 1 aromatic rings. The molecule has 0 aromatic carbocycles. The van der Waals surface area contributed by atoms with Gasteiger partial charge in [0.05, 0.1) is 5.92 Å². The predicted molar refractivity (Wildman–Crippen MR) is 48.7 cm³/mol. The van der Waals surface area contributed by atoms with E-state index in [1.807, 2.05) is 0 Å². The van der Waals surface area contributed by atoms with Crippen LogP contribution in [0.15, 0.2) is 15.3 Å². The molecule has 80 valence electrons. The third-order valence-corrected chi connectivity index (χ3v) is 2.35. The first kappa shape index (κ1) is 9.89. The van der Waals surface area contributed by atoms with E-state index < -0.39 is 34.8 Å². The summed E-state index contributed by atoms with van der Waals surface area (Å²) in [4.78, 5) is 22.8. The first-order valence-corrected chi connectivity index (χ1v) is 4.52. The van der Waals surface area contributed by atoms with Gasteiger partial charge in [-0.05, 0) is 13.3 Å². The molecular weight excluding hydrogens is 203 g/mol. The van der Waals surface area contributed by atoms with Crippen molar-refractivity contribution in [3.63, 3.8) is 0 Å². The van der Waals surface area contributed by atoms with Gasteiger partial charge in [0, 0.05) is 6.07 Å². The molecule has 5 heteroatoms. The van der Waals surface area contributed by atoms with Crippen molar-refractivity contribution >= 4 is 5.78 Å². The van der Waals surface area contributed by atoms with Crippen LogP contribution in [0.1, 0.15) is 22.5 Å². The second-order valence-electron chi connectivity index (χ2n) is 3.63. The van der Waals surface area contributed by atoms with Gasteiger partial charge in [-0.3, -0.25) is 4.79 Å². The summed E-state index contributed by atoms with van der Waals surface area (Å²) in [6, 6.07) is 1.17. The van der Waals surface area contributed by atoms with Gasteiger partial charge in [-0.25, -0.2) is 9.18 Å². The number of rotatable bonds is 2. The Bertz CT molecular complexity index is 477. The zero-order valence-corrected chi connectivity index (χ0v) is 7.99. The first-order valence-electron chi connectivity index (χ1n) is 4.52. The van der Waals surface area contributed by atoms with Gasteiger partial charge in [0.1, 0.15) is 23.2 Å². The minimum atomic E-state index is -1.20. The highest BCUT2D eigenvalue weighted by Gasteiger charge is 2.45. The van der Waals surface area contributed by atoms with Crippen LogP contribution in [0.25, 0.3) is 0 Å². The van der Waals surface area contributed by atoms with E-state index in [1.165, 1.54) is 13.0 Å². The molecule has 2 atom stereocenters. The number of alkyl halides is 1. The maximum absolute atomic E-state index is 12.6. The average Bonchev–Trinajstić information content (AvgIpc) is 2.80. The quantitative estimate of drug-likeness (QED) is 0.748. The molecule has 0 amide bonds. The number of carbonyl (C=O) groups is 1. The Morgan fingerprint density at radius 1 is 1.67 bits per heavy atom. The summed E-state index contributed by atoms with van der Waals surface area (Å²) < 4.78 is 17.3. The van der Waals surface area contributed by atoms with Crippen LogP contribution < -0.4 is 5.63 Å². The lowest BCUT2D eigenvalue weighted by molar-refractivity contribution is 0.0950. The van der Waals surface area contributed by atoms with Crippen molar-refractivity contribution in [3.8, 4) is 5.75 Å². The Labute approximate surface area is 84.3 Å². The highest BCUT2D eigenvalue weighted by Crippen LogP contribution is 2.37. The minimum Gasteiger partial charge on any atom is -0.507 e. The average molecular weight is 212 g/mol. The molecular formula is C10H9FO4. The van der Waals surface area contributed by atoms with Gasteiger partial charge < -0.3 is 9.52 Å². The lowest BCUT2D eigenvalue weighted by Crippen LogP contribution is -2.16. The van der Waals surface area contributed by atoms with Crippen LogP contribution in [0.4, 0.5) is 4.39 Å². The summed E-state index contributed by atoms with van der Waals surface area (Å²) >= 11 is 0. The van der Waals surface area contributed by atoms with E-state index in [2.05, 4.69) is 4.42 Å². The van der Waals surface area contributed by atoms with E-state index in [1.54, 1.807) is 0 Å². The van der Waals surface area contributed by atoms with Gasteiger partial charge in [0.15, 0.2) is 5.78 Å². The number of hydrogen-bond acceptors (Lipinski definition) is 4. The summed E-state index contributed by atoms with van der Waals surface area (Å²) in [5.41, 5.74) is -1.35. The first-order chi connectivity index (χ1) is 7.00. The molecule has 0 bridgehead atoms. The Kier molecular flexibility index (Phi) is 2.10. The number of hydrogen-bond donors (Lipinski definition) is 1. The van der Waals surface area contributed by atoms with E-state index in [-0.39, 0.29) is 12.2 Å². The number of aryl methyl sites for hydroxylation is 1. The summed E-state index contributed by atoms with van der Waals surface area (Å²) in [5, 5.41) is 9.40. The summed E-state index contributed by atoms with van der Waals surface area (Å²) in [6.45, 7) is 1.48. The topological polar surface area (TPSA) is 67.5 Å². The zero-order valence-electron chi connectivity index (χ0n) is 7.99.